The minimum atomic E-state index is -0.147. The summed E-state index contributed by atoms with van der Waals surface area (Å²) in [6.07, 6.45) is 1.31. The van der Waals surface area contributed by atoms with Crippen LogP contribution in [0.15, 0.2) is 29.1 Å². The highest BCUT2D eigenvalue weighted by atomic mass is 32.1. The third kappa shape index (κ3) is 2.72. The van der Waals surface area contributed by atoms with Crippen molar-refractivity contribution in [3.63, 3.8) is 0 Å². The van der Waals surface area contributed by atoms with Crippen LogP contribution in [0.1, 0.15) is 36.2 Å². The zero-order valence-corrected chi connectivity index (χ0v) is 13.5. The molecule has 1 aromatic heterocycles. The van der Waals surface area contributed by atoms with E-state index in [9.17, 15) is 4.79 Å². The molecule has 0 bridgehead atoms. The van der Waals surface area contributed by atoms with E-state index in [2.05, 4.69) is 44.0 Å². The van der Waals surface area contributed by atoms with Crippen LogP contribution in [0.5, 0.6) is 0 Å². The largest absolute Gasteiger partial charge is 0.333 e. The standard InChI is InChI=1S/C17H20N2OS/c1-12-5-4-6-13-9-19(17(2,3)8-15(12)13)16(20)7-14-10-21-11-18-14/h4-6,10-11H,7-9H2,1-3H3. The summed E-state index contributed by atoms with van der Waals surface area (Å²) in [7, 11) is 0. The number of amides is 1. The third-order valence-electron chi connectivity index (χ3n) is 4.29. The van der Waals surface area contributed by atoms with Gasteiger partial charge in [-0.15, -0.1) is 11.3 Å². The fourth-order valence-corrected chi connectivity index (χ4v) is 3.64. The second kappa shape index (κ2) is 5.26. The monoisotopic (exact) mass is 300 g/mol. The predicted octanol–water partition coefficient (Wildman–Crippen LogP) is 3.36. The molecule has 1 amide bonds. The summed E-state index contributed by atoms with van der Waals surface area (Å²) in [5.41, 5.74) is 6.51. The highest BCUT2D eigenvalue weighted by molar-refractivity contribution is 7.07. The van der Waals surface area contributed by atoms with Gasteiger partial charge in [-0.3, -0.25) is 4.79 Å². The minimum Gasteiger partial charge on any atom is -0.333 e. The van der Waals surface area contributed by atoms with Crippen LogP contribution in [0, 0.1) is 6.92 Å². The third-order valence-corrected chi connectivity index (χ3v) is 4.93. The van der Waals surface area contributed by atoms with E-state index in [-0.39, 0.29) is 11.4 Å². The lowest BCUT2D eigenvalue weighted by Crippen LogP contribution is -2.52. The Morgan fingerprint density at radius 3 is 2.95 bits per heavy atom. The molecule has 0 saturated heterocycles. The Hall–Kier alpha value is -1.68. The Morgan fingerprint density at radius 1 is 1.43 bits per heavy atom. The number of nitrogens with zero attached hydrogens (tertiary/aromatic N) is 2. The molecule has 0 saturated carbocycles. The fraction of sp³-hybridized carbons (Fsp3) is 0.412. The summed E-state index contributed by atoms with van der Waals surface area (Å²) in [5.74, 6) is 0.165. The lowest BCUT2D eigenvalue weighted by molar-refractivity contribution is -0.137. The van der Waals surface area contributed by atoms with Crippen molar-refractivity contribution in [1.82, 2.24) is 9.88 Å². The second-order valence-electron chi connectivity index (χ2n) is 6.34. The molecule has 3 nitrogen and oxygen atoms in total. The molecule has 21 heavy (non-hydrogen) atoms. The highest BCUT2D eigenvalue weighted by Crippen LogP contribution is 2.32. The molecular formula is C17H20N2OS. The van der Waals surface area contributed by atoms with Crippen LogP contribution in [0.25, 0.3) is 0 Å². The number of hydrogen-bond donors (Lipinski definition) is 0. The van der Waals surface area contributed by atoms with Gasteiger partial charge in [-0.25, -0.2) is 4.98 Å². The van der Waals surface area contributed by atoms with Crippen LogP contribution in [-0.2, 0) is 24.2 Å². The number of carbonyl (C=O) groups is 1. The molecule has 0 aliphatic carbocycles. The van der Waals surface area contributed by atoms with E-state index in [1.807, 2.05) is 10.3 Å². The molecule has 0 N–H and O–H groups in total. The van der Waals surface area contributed by atoms with Gasteiger partial charge in [-0.1, -0.05) is 18.2 Å². The first kappa shape index (κ1) is 14.3. The predicted molar refractivity (Wildman–Crippen MR) is 85.3 cm³/mol. The van der Waals surface area contributed by atoms with Crippen LogP contribution < -0.4 is 0 Å². The molecule has 3 rings (SSSR count). The van der Waals surface area contributed by atoms with Crippen molar-refractivity contribution in [2.24, 2.45) is 0 Å². The highest BCUT2D eigenvalue weighted by Gasteiger charge is 2.36. The van der Waals surface area contributed by atoms with Crippen molar-refractivity contribution in [2.45, 2.75) is 45.7 Å². The van der Waals surface area contributed by atoms with Crippen LogP contribution in [0.2, 0.25) is 0 Å². The van der Waals surface area contributed by atoms with Gasteiger partial charge in [0.25, 0.3) is 0 Å². The lowest BCUT2D eigenvalue weighted by Gasteiger charge is -2.44. The molecular weight excluding hydrogens is 280 g/mol. The number of aromatic nitrogens is 1. The van der Waals surface area contributed by atoms with Gasteiger partial charge in [0.15, 0.2) is 0 Å². The summed E-state index contributed by atoms with van der Waals surface area (Å²) < 4.78 is 0. The van der Waals surface area contributed by atoms with E-state index in [1.54, 1.807) is 5.51 Å². The Kier molecular flexibility index (Phi) is 3.57. The summed E-state index contributed by atoms with van der Waals surface area (Å²) >= 11 is 1.54. The second-order valence-corrected chi connectivity index (χ2v) is 7.06. The van der Waals surface area contributed by atoms with E-state index in [0.29, 0.717) is 13.0 Å². The summed E-state index contributed by atoms with van der Waals surface area (Å²) in [4.78, 5) is 18.9. The van der Waals surface area contributed by atoms with E-state index in [1.165, 1.54) is 28.0 Å². The molecule has 4 heteroatoms. The lowest BCUT2D eigenvalue weighted by atomic mass is 9.83. The summed E-state index contributed by atoms with van der Waals surface area (Å²) in [6, 6.07) is 6.37. The van der Waals surface area contributed by atoms with Gasteiger partial charge in [0.05, 0.1) is 17.6 Å². The van der Waals surface area contributed by atoms with Crippen molar-refractivity contribution in [2.75, 3.05) is 0 Å². The first-order valence-electron chi connectivity index (χ1n) is 7.22. The first-order chi connectivity index (χ1) is 9.97. The zero-order chi connectivity index (χ0) is 15.0. The molecule has 0 fully saturated rings. The maximum Gasteiger partial charge on any atom is 0.229 e. The molecule has 0 radical (unpaired) electrons. The Balaban J connectivity index is 1.87. The van der Waals surface area contributed by atoms with Crippen molar-refractivity contribution < 1.29 is 4.79 Å². The number of fused-ring (bicyclic) bond motifs is 1. The van der Waals surface area contributed by atoms with Crippen LogP contribution >= 0.6 is 11.3 Å². The van der Waals surface area contributed by atoms with Crippen LogP contribution in [-0.4, -0.2) is 21.3 Å². The Morgan fingerprint density at radius 2 is 2.24 bits per heavy atom. The minimum absolute atomic E-state index is 0.147. The molecule has 110 valence electrons. The fourth-order valence-electron chi connectivity index (χ4n) is 3.08. The van der Waals surface area contributed by atoms with E-state index < -0.39 is 0 Å². The maximum atomic E-state index is 12.7. The molecule has 1 aromatic carbocycles. The molecule has 2 heterocycles. The van der Waals surface area contributed by atoms with Gasteiger partial charge < -0.3 is 4.90 Å². The van der Waals surface area contributed by atoms with Crippen molar-refractivity contribution in [1.29, 1.82) is 0 Å². The number of hydrogen-bond acceptors (Lipinski definition) is 3. The average molecular weight is 300 g/mol. The number of carbonyl (C=O) groups excluding carboxylic acids is 1. The molecule has 1 aliphatic heterocycles. The van der Waals surface area contributed by atoms with Gasteiger partial charge in [0.2, 0.25) is 5.91 Å². The van der Waals surface area contributed by atoms with Crippen LogP contribution in [0.4, 0.5) is 0 Å². The zero-order valence-electron chi connectivity index (χ0n) is 12.7. The van der Waals surface area contributed by atoms with E-state index in [0.717, 1.165) is 12.1 Å². The smallest absolute Gasteiger partial charge is 0.229 e. The normalized spacial score (nSPS) is 16.6. The number of aryl methyl sites for hydroxylation is 1. The molecule has 2 aromatic rings. The number of thiazole rings is 1. The maximum absolute atomic E-state index is 12.7. The number of rotatable bonds is 2. The molecule has 0 atom stereocenters. The van der Waals surface area contributed by atoms with Gasteiger partial charge in [-0.2, -0.15) is 0 Å². The van der Waals surface area contributed by atoms with Gasteiger partial charge >= 0.3 is 0 Å². The van der Waals surface area contributed by atoms with E-state index in [4.69, 9.17) is 0 Å². The summed E-state index contributed by atoms with van der Waals surface area (Å²) in [6.45, 7) is 7.16. The van der Waals surface area contributed by atoms with Gasteiger partial charge in [0.1, 0.15) is 0 Å². The van der Waals surface area contributed by atoms with Crippen LogP contribution in [0.3, 0.4) is 0 Å². The first-order valence-corrected chi connectivity index (χ1v) is 8.16. The molecule has 0 spiro atoms. The topological polar surface area (TPSA) is 33.2 Å². The molecule has 1 aliphatic rings. The number of benzene rings is 1. The SMILES string of the molecule is Cc1cccc2c1CC(C)(C)N(C(=O)Cc1cscn1)C2. The van der Waals surface area contributed by atoms with Crippen molar-refractivity contribution >= 4 is 17.2 Å². The van der Waals surface area contributed by atoms with Crippen molar-refractivity contribution in [3.05, 3.63) is 51.5 Å². The molecule has 0 unspecified atom stereocenters. The van der Waals surface area contributed by atoms with Gasteiger partial charge in [0, 0.05) is 17.5 Å². The Labute approximate surface area is 129 Å². The average Bonchev–Trinajstić information content (AvgIpc) is 2.91. The Bertz CT molecular complexity index is 661. The summed E-state index contributed by atoms with van der Waals surface area (Å²) in [5, 5.41) is 1.95. The van der Waals surface area contributed by atoms with Gasteiger partial charge in [-0.05, 0) is 43.9 Å². The quantitative estimate of drug-likeness (QED) is 0.852. The van der Waals surface area contributed by atoms with E-state index >= 15 is 0 Å². The van der Waals surface area contributed by atoms with Crippen molar-refractivity contribution in [3.8, 4) is 0 Å².